The third-order valence-electron chi connectivity index (χ3n) is 4.69. The van der Waals surface area contributed by atoms with Gasteiger partial charge in [-0.25, -0.2) is 13.4 Å². The Morgan fingerprint density at radius 3 is 2.70 bits per heavy atom. The van der Waals surface area contributed by atoms with Gasteiger partial charge in [-0.2, -0.15) is 5.10 Å². The summed E-state index contributed by atoms with van der Waals surface area (Å²) in [5.74, 6) is -0.319. The van der Waals surface area contributed by atoms with Crippen LogP contribution in [0.15, 0.2) is 71.9 Å². The van der Waals surface area contributed by atoms with Crippen LogP contribution < -0.4 is 4.90 Å². The van der Waals surface area contributed by atoms with Crippen LogP contribution in [-0.2, 0) is 16.4 Å². The van der Waals surface area contributed by atoms with Gasteiger partial charge >= 0.3 is 0 Å². The molecule has 2 aromatic carbocycles. The van der Waals surface area contributed by atoms with Crippen molar-refractivity contribution in [3.05, 3.63) is 72.6 Å². The minimum absolute atomic E-state index is 0.0223. The second-order valence-electron chi connectivity index (χ2n) is 6.62. The Morgan fingerprint density at radius 1 is 1.13 bits per heavy atom. The molecule has 4 rings (SSSR count). The number of rotatable bonds is 7. The molecule has 30 heavy (non-hydrogen) atoms. The average Bonchev–Trinajstić information content (AvgIpc) is 3.43. The van der Waals surface area contributed by atoms with Gasteiger partial charge in [0.1, 0.15) is 0 Å². The van der Waals surface area contributed by atoms with Gasteiger partial charge < -0.3 is 0 Å². The fourth-order valence-electron chi connectivity index (χ4n) is 3.04. The van der Waals surface area contributed by atoms with Crippen LogP contribution in [-0.4, -0.2) is 41.4 Å². The molecule has 4 aromatic rings. The van der Waals surface area contributed by atoms with Gasteiger partial charge in [-0.15, -0.1) is 0 Å². The molecule has 0 saturated carbocycles. The highest BCUT2D eigenvalue weighted by molar-refractivity contribution is 7.91. The van der Waals surface area contributed by atoms with E-state index in [0.717, 1.165) is 10.2 Å². The predicted octanol–water partition coefficient (Wildman–Crippen LogP) is 3.63. The zero-order valence-corrected chi connectivity index (χ0v) is 17.9. The van der Waals surface area contributed by atoms with E-state index in [0.29, 0.717) is 23.8 Å². The van der Waals surface area contributed by atoms with Crippen molar-refractivity contribution >= 4 is 42.4 Å². The molecule has 9 heteroatoms. The van der Waals surface area contributed by atoms with Gasteiger partial charge in [0.25, 0.3) is 5.91 Å². The van der Waals surface area contributed by atoms with Gasteiger partial charge in [-0.3, -0.25) is 14.4 Å². The number of hydrogen-bond donors (Lipinski definition) is 0. The maximum absolute atomic E-state index is 13.4. The maximum Gasteiger partial charge on any atom is 0.260 e. The zero-order chi connectivity index (χ0) is 21.1. The topological polar surface area (TPSA) is 85.2 Å². The molecular formula is C21H20N4O3S2. The summed E-state index contributed by atoms with van der Waals surface area (Å²) in [6.07, 6.45) is 3.51. The van der Waals surface area contributed by atoms with Crippen molar-refractivity contribution in [2.75, 3.05) is 17.2 Å². The quantitative estimate of drug-likeness (QED) is 0.438. The zero-order valence-electron chi connectivity index (χ0n) is 16.3. The summed E-state index contributed by atoms with van der Waals surface area (Å²) in [7, 11) is -3.41. The molecule has 0 radical (unpaired) electrons. The molecule has 0 aliphatic rings. The molecule has 0 spiro atoms. The molecule has 2 heterocycles. The van der Waals surface area contributed by atoms with Gasteiger partial charge in [0.05, 0.1) is 27.4 Å². The molecule has 7 nitrogen and oxygen atoms in total. The molecule has 0 unspecified atom stereocenters. The van der Waals surface area contributed by atoms with Crippen LogP contribution in [0.2, 0.25) is 0 Å². The van der Waals surface area contributed by atoms with E-state index in [-0.39, 0.29) is 16.6 Å². The van der Waals surface area contributed by atoms with Crippen LogP contribution in [0.5, 0.6) is 0 Å². The lowest BCUT2D eigenvalue weighted by Gasteiger charge is -2.20. The molecule has 154 valence electrons. The first kappa shape index (κ1) is 20.2. The van der Waals surface area contributed by atoms with E-state index >= 15 is 0 Å². The van der Waals surface area contributed by atoms with Gasteiger partial charge in [-0.1, -0.05) is 36.5 Å². The highest BCUT2D eigenvalue weighted by Gasteiger charge is 2.23. The first-order valence-corrected chi connectivity index (χ1v) is 11.9. The van der Waals surface area contributed by atoms with Crippen molar-refractivity contribution in [3.63, 3.8) is 0 Å². The molecule has 0 bridgehead atoms. The monoisotopic (exact) mass is 440 g/mol. The summed E-state index contributed by atoms with van der Waals surface area (Å²) in [5.41, 5.74) is 1.13. The summed E-state index contributed by atoms with van der Waals surface area (Å²) < 4.78 is 27.3. The van der Waals surface area contributed by atoms with E-state index in [2.05, 4.69) is 10.1 Å². The SMILES string of the molecule is CCS(=O)(=O)c1cccc(C(=O)N(CCn2cccn2)c2nc3ccccc3s2)c1. The molecule has 0 N–H and O–H groups in total. The molecule has 0 fully saturated rings. The Hall–Kier alpha value is -3.04. The van der Waals surface area contributed by atoms with Crippen molar-refractivity contribution in [1.82, 2.24) is 14.8 Å². The lowest BCUT2D eigenvalue weighted by Crippen LogP contribution is -2.34. The highest BCUT2D eigenvalue weighted by atomic mass is 32.2. The summed E-state index contributed by atoms with van der Waals surface area (Å²) in [4.78, 5) is 19.8. The molecule has 1 amide bonds. The number of nitrogens with zero attached hydrogens (tertiary/aromatic N) is 4. The Kier molecular flexibility index (Phi) is 5.65. The Labute approximate surface area is 178 Å². The van der Waals surface area contributed by atoms with Gasteiger partial charge in [0, 0.05) is 24.5 Å². The Morgan fingerprint density at radius 2 is 1.97 bits per heavy atom. The first-order chi connectivity index (χ1) is 14.5. The van der Waals surface area contributed by atoms with Crippen LogP contribution in [0.25, 0.3) is 10.2 Å². The van der Waals surface area contributed by atoms with Gasteiger partial charge in [0.15, 0.2) is 15.0 Å². The standard InChI is InChI=1S/C21H20N4O3S2/c1-2-30(27,28)17-8-5-7-16(15-17)20(26)25(14-13-24-12-6-11-22-24)21-23-18-9-3-4-10-19(18)29-21/h3-12,15H,2,13-14H2,1H3. The molecule has 0 saturated heterocycles. The number of hydrogen-bond acceptors (Lipinski definition) is 6. The number of carbonyl (C=O) groups excluding carboxylic acids is 1. The Balaban J connectivity index is 1.71. The summed E-state index contributed by atoms with van der Waals surface area (Å²) in [6, 6.07) is 15.7. The number of fused-ring (bicyclic) bond motifs is 1. The van der Waals surface area contributed by atoms with Crippen LogP contribution in [0, 0.1) is 0 Å². The minimum Gasteiger partial charge on any atom is -0.282 e. The van der Waals surface area contributed by atoms with Crippen molar-refractivity contribution in [3.8, 4) is 0 Å². The van der Waals surface area contributed by atoms with Crippen LogP contribution in [0.3, 0.4) is 0 Å². The van der Waals surface area contributed by atoms with E-state index in [4.69, 9.17) is 0 Å². The van der Waals surface area contributed by atoms with Gasteiger partial charge in [-0.05, 0) is 36.4 Å². The lowest BCUT2D eigenvalue weighted by molar-refractivity contribution is 0.0985. The first-order valence-electron chi connectivity index (χ1n) is 9.45. The van der Waals surface area contributed by atoms with E-state index in [9.17, 15) is 13.2 Å². The van der Waals surface area contributed by atoms with Crippen molar-refractivity contribution in [2.45, 2.75) is 18.4 Å². The molecule has 2 aromatic heterocycles. The number of para-hydroxylation sites is 1. The van der Waals surface area contributed by atoms with Crippen LogP contribution in [0.1, 0.15) is 17.3 Å². The van der Waals surface area contributed by atoms with Gasteiger partial charge in [0.2, 0.25) is 0 Å². The second kappa shape index (κ2) is 8.37. The largest absolute Gasteiger partial charge is 0.282 e. The smallest absolute Gasteiger partial charge is 0.260 e. The summed E-state index contributed by atoms with van der Waals surface area (Å²) >= 11 is 1.43. The van der Waals surface area contributed by atoms with E-state index in [1.54, 1.807) is 34.8 Å². The Bertz CT molecular complexity index is 1250. The molecule has 0 aliphatic carbocycles. The van der Waals surface area contributed by atoms with E-state index in [1.165, 1.54) is 23.5 Å². The fraction of sp³-hybridized carbons (Fsp3) is 0.190. The number of amides is 1. The average molecular weight is 441 g/mol. The molecular weight excluding hydrogens is 420 g/mol. The van der Waals surface area contributed by atoms with E-state index in [1.807, 2.05) is 36.5 Å². The number of aromatic nitrogens is 3. The number of anilines is 1. The number of thiazole rings is 1. The normalized spacial score (nSPS) is 11.6. The van der Waals surface area contributed by atoms with Crippen molar-refractivity contribution in [1.29, 1.82) is 0 Å². The highest BCUT2D eigenvalue weighted by Crippen LogP contribution is 2.30. The minimum atomic E-state index is -3.41. The fourth-order valence-corrected chi connectivity index (χ4v) is 4.96. The van der Waals surface area contributed by atoms with Crippen LogP contribution in [0.4, 0.5) is 5.13 Å². The molecule has 0 aliphatic heterocycles. The van der Waals surface area contributed by atoms with Crippen LogP contribution >= 0.6 is 11.3 Å². The lowest BCUT2D eigenvalue weighted by atomic mass is 10.2. The molecule has 0 atom stereocenters. The van der Waals surface area contributed by atoms with Crippen molar-refractivity contribution < 1.29 is 13.2 Å². The maximum atomic E-state index is 13.4. The second-order valence-corrected chi connectivity index (χ2v) is 9.91. The summed E-state index contributed by atoms with van der Waals surface area (Å²) in [5, 5.41) is 4.76. The predicted molar refractivity (Wildman–Crippen MR) is 118 cm³/mol. The van der Waals surface area contributed by atoms with Crippen molar-refractivity contribution in [2.24, 2.45) is 0 Å². The number of sulfone groups is 1. The number of benzene rings is 2. The third kappa shape index (κ3) is 4.12. The summed E-state index contributed by atoms with van der Waals surface area (Å²) in [6.45, 7) is 2.42. The third-order valence-corrected chi connectivity index (χ3v) is 7.48. The number of carbonyl (C=O) groups is 1. The van der Waals surface area contributed by atoms with E-state index < -0.39 is 9.84 Å².